The Kier molecular flexibility index (Phi) is 4.61. The highest BCUT2D eigenvalue weighted by atomic mass is 16.2. The standard InChI is InChI=1S/C23H24N2O/c1-16(19-14-13-17-7-2-3-9-20(17)15-19)24-23(26)25-22-12-6-10-18-8-4-5-11-21(18)22/h4-6,8,10-16H,2-3,7,9H2,1H3,(H2,24,25,26). The second-order valence-electron chi connectivity index (χ2n) is 7.08. The van der Waals surface area contributed by atoms with E-state index in [1.807, 2.05) is 49.4 Å². The largest absolute Gasteiger partial charge is 0.331 e. The molecule has 2 N–H and O–H groups in total. The fourth-order valence-electron chi connectivity index (χ4n) is 3.80. The maximum Gasteiger partial charge on any atom is 0.319 e. The van der Waals surface area contributed by atoms with Crippen molar-refractivity contribution in [3.8, 4) is 0 Å². The van der Waals surface area contributed by atoms with E-state index in [2.05, 4.69) is 28.8 Å². The molecule has 132 valence electrons. The number of hydrogen-bond acceptors (Lipinski definition) is 1. The number of hydrogen-bond donors (Lipinski definition) is 2. The van der Waals surface area contributed by atoms with Crippen molar-refractivity contribution in [2.45, 2.75) is 38.6 Å². The Labute approximate surface area is 154 Å². The molecule has 0 bridgehead atoms. The van der Waals surface area contributed by atoms with Gasteiger partial charge < -0.3 is 10.6 Å². The van der Waals surface area contributed by atoms with Crippen molar-refractivity contribution < 1.29 is 4.79 Å². The summed E-state index contributed by atoms with van der Waals surface area (Å²) in [5.74, 6) is 0. The number of rotatable bonds is 3. The van der Waals surface area contributed by atoms with Crippen LogP contribution in [0.2, 0.25) is 0 Å². The number of fused-ring (bicyclic) bond motifs is 2. The molecule has 3 aromatic carbocycles. The number of nitrogens with one attached hydrogen (secondary N) is 2. The smallest absolute Gasteiger partial charge is 0.319 e. The number of urea groups is 1. The van der Waals surface area contributed by atoms with E-state index >= 15 is 0 Å². The van der Waals surface area contributed by atoms with Crippen LogP contribution in [0.5, 0.6) is 0 Å². The van der Waals surface area contributed by atoms with E-state index in [0.717, 1.165) is 22.9 Å². The molecular weight excluding hydrogens is 320 g/mol. The van der Waals surface area contributed by atoms with Crippen LogP contribution < -0.4 is 10.6 Å². The zero-order valence-electron chi connectivity index (χ0n) is 15.1. The molecule has 4 rings (SSSR count). The molecule has 0 saturated carbocycles. The van der Waals surface area contributed by atoms with Crippen LogP contribution in [0.15, 0.2) is 60.7 Å². The summed E-state index contributed by atoms with van der Waals surface area (Å²) in [6.45, 7) is 2.03. The lowest BCUT2D eigenvalue weighted by molar-refractivity contribution is 0.249. The van der Waals surface area contributed by atoms with Gasteiger partial charge in [-0.3, -0.25) is 0 Å². The van der Waals surface area contributed by atoms with Crippen LogP contribution in [0.4, 0.5) is 10.5 Å². The van der Waals surface area contributed by atoms with Gasteiger partial charge in [-0.05, 0) is 60.7 Å². The number of aryl methyl sites for hydroxylation is 2. The Morgan fingerprint density at radius 3 is 2.58 bits per heavy atom. The molecule has 1 aliphatic rings. The summed E-state index contributed by atoms with van der Waals surface area (Å²) in [4.78, 5) is 12.5. The molecule has 3 aromatic rings. The zero-order chi connectivity index (χ0) is 17.9. The van der Waals surface area contributed by atoms with Crippen LogP contribution in [0, 0.1) is 0 Å². The predicted molar refractivity (Wildman–Crippen MR) is 108 cm³/mol. The van der Waals surface area contributed by atoms with Gasteiger partial charge in [-0.1, -0.05) is 54.6 Å². The topological polar surface area (TPSA) is 41.1 Å². The van der Waals surface area contributed by atoms with Crippen LogP contribution in [-0.4, -0.2) is 6.03 Å². The number of carbonyl (C=O) groups excluding carboxylic acids is 1. The molecule has 3 nitrogen and oxygen atoms in total. The molecule has 0 aromatic heterocycles. The van der Waals surface area contributed by atoms with Gasteiger partial charge in [-0.25, -0.2) is 4.79 Å². The maximum atomic E-state index is 12.5. The molecule has 3 heteroatoms. The maximum absolute atomic E-state index is 12.5. The molecule has 26 heavy (non-hydrogen) atoms. The van der Waals surface area contributed by atoms with Crippen molar-refractivity contribution in [1.82, 2.24) is 5.32 Å². The zero-order valence-corrected chi connectivity index (χ0v) is 15.1. The fourth-order valence-corrected chi connectivity index (χ4v) is 3.80. The average molecular weight is 344 g/mol. The minimum absolute atomic E-state index is 0.0304. The molecule has 1 unspecified atom stereocenters. The van der Waals surface area contributed by atoms with Crippen molar-refractivity contribution in [2.75, 3.05) is 5.32 Å². The summed E-state index contributed by atoms with van der Waals surface area (Å²) in [7, 11) is 0. The summed E-state index contributed by atoms with van der Waals surface area (Å²) in [6.07, 6.45) is 4.88. The number of benzene rings is 3. The van der Waals surface area contributed by atoms with Crippen molar-refractivity contribution >= 4 is 22.5 Å². The minimum atomic E-state index is -0.174. The van der Waals surface area contributed by atoms with Crippen molar-refractivity contribution in [3.63, 3.8) is 0 Å². The molecular formula is C23H24N2O. The summed E-state index contributed by atoms with van der Waals surface area (Å²) in [5.41, 5.74) is 4.90. The average Bonchev–Trinajstić information content (AvgIpc) is 2.68. The number of amides is 2. The summed E-state index contributed by atoms with van der Waals surface area (Å²) < 4.78 is 0. The first-order chi connectivity index (χ1) is 12.7. The Balaban J connectivity index is 1.47. The molecule has 0 radical (unpaired) electrons. The van der Waals surface area contributed by atoms with Crippen LogP contribution in [0.25, 0.3) is 10.8 Å². The SMILES string of the molecule is CC(NC(=O)Nc1cccc2ccccc12)c1ccc2c(c1)CCCC2. The van der Waals surface area contributed by atoms with Gasteiger partial charge in [-0.2, -0.15) is 0 Å². The van der Waals surface area contributed by atoms with E-state index < -0.39 is 0 Å². The van der Waals surface area contributed by atoms with E-state index in [1.165, 1.54) is 36.0 Å². The third-order valence-corrected chi connectivity index (χ3v) is 5.26. The van der Waals surface area contributed by atoms with Crippen molar-refractivity contribution in [2.24, 2.45) is 0 Å². The molecule has 0 spiro atoms. The van der Waals surface area contributed by atoms with Crippen LogP contribution in [0.1, 0.15) is 42.5 Å². The molecule has 1 aliphatic carbocycles. The van der Waals surface area contributed by atoms with Gasteiger partial charge in [0, 0.05) is 5.39 Å². The number of anilines is 1. The lowest BCUT2D eigenvalue weighted by atomic mass is 9.89. The molecule has 0 saturated heterocycles. The van der Waals surface area contributed by atoms with Crippen molar-refractivity contribution in [1.29, 1.82) is 0 Å². The van der Waals surface area contributed by atoms with Gasteiger partial charge in [0.1, 0.15) is 0 Å². The van der Waals surface area contributed by atoms with Gasteiger partial charge in [0.2, 0.25) is 0 Å². The van der Waals surface area contributed by atoms with Gasteiger partial charge in [0.25, 0.3) is 0 Å². The van der Waals surface area contributed by atoms with Crippen molar-refractivity contribution in [3.05, 3.63) is 77.4 Å². The lowest BCUT2D eigenvalue weighted by Crippen LogP contribution is -2.31. The van der Waals surface area contributed by atoms with E-state index in [1.54, 1.807) is 0 Å². The Hall–Kier alpha value is -2.81. The summed E-state index contributed by atoms with van der Waals surface area (Å²) in [5, 5.41) is 8.23. The molecule has 2 amide bonds. The molecule has 1 atom stereocenters. The summed E-state index contributed by atoms with van der Waals surface area (Å²) >= 11 is 0. The molecule has 0 fully saturated rings. The second-order valence-corrected chi connectivity index (χ2v) is 7.08. The first-order valence-electron chi connectivity index (χ1n) is 9.38. The van der Waals surface area contributed by atoms with Gasteiger partial charge in [-0.15, -0.1) is 0 Å². The highest BCUT2D eigenvalue weighted by Gasteiger charge is 2.14. The Morgan fingerprint density at radius 2 is 1.69 bits per heavy atom. The minimum Gasteiger partial charge on any atom is -0.331 e. The quantitative estimate of drug-likeness (QED) is 0.638. The molecule has 0 heterocycles. The highest BCUT2D eigenvalue weighted by molar-refractivity contribution is 6.01. The third-order valence-electron chi connectivity index (χ3n) is 5.26. The monoisotopic (exact) mass is 344 g/mol. The van der Waals surface area contributed by atoms with Crippen LogP contribution >= 0.6 is 0 Å². The van der Waals surface area contributed by atoms with Gasteiger partial charge in [0.05, 0.1) is 11.7 Å². The lowest BCUT2D eigenvalue weighted by Gasteiger charge is -2.20. The van der Waals surface area contributed by atoms with Gasteiger partial charge >= 0.3 is 6.03 Å². The normalized spacial score (nSPS) is 14.5. The van der Waals surface area contributed by atoms with Gasteiger partial charge in [0.15, 0.2) is 0 Å². The van der Waals surface area contributed by atoms with Crippen LogP contribution in [0.3, 0.4) is 0 Å². The van der Waals surface area contributed by atoms with E-state index in [-0.39, 0.29) is 12.1 Å². The van der Waals surface area contributed by atoms with Crippen LogP contribution in [-0.2, 0) is 12.8 Å². The van der Waals surface area contributed by atoms with E-state index in [9.17, 15) is 4.79 Å². The Bertz CT molecular complexity index is 943. The Morgan fingerprint density at radius 1 is 0.923 bits per heavy atom. The first-order valence-corrected chi connectivity index (χ1v) is 9.38. The second kappa shape index (κ2) is 7.20. The third kappa shape index (κ3) is 3.43. The van der Waals surface area contributed by atoms with E-state index in [4.69, 9.17) is 0 Å². The number of carbonyl (C=O) groups is 1. The summed E-state index contributed by atoms with van der Waals surface area (Å²) in [6, 6.07) is 20.4. The predicted octanol–water partition coefficient (Wildman–Crippen LogP) is 5.60. The fraction of sp³-hybridized carbons (Fsp3) is 0.261. The highest BCUT2D eigenvalue weighted by Crippen LogP contribution is 2.25. The van der Waals surface area contributed by atoms with E-state index in [0.29, 0.717) is 0 Å². The first kappa shape index (κ1) is 16.6. The molecule has 0 aliphatic heterocycles.